The third-order valence-corrected chi connectivity index (χ3v) is 3.26. The van der Waals surface area contributed by atoms with E-state index in [0.717, 1.165) is 17.8 Å². The molecule has 0 aliphatic carbocycles. The average Bonchev–Trinajstić information content (AvgIpc) is 2.41. The van der Waals surface area contributed by atoms with Crippen LogP contribution in [0.1, 0.15) is 16.7 Å². The summed E-state index contributed by atoms with van der Waals surface area (Å²) < 4.78 is 0. The quantitative estimate of drug-likeness (QED) is 0.778. The van der Waals surface area contributed by atoms with E-state index in [0.29, 0.717) is 5.88 Å². The fourth-order valence-electron chi connectivity index (χ4n) is 1.95. The van der Waals surface area contributed by atoms with E-state index in [9.17, 15) is 0 Å². The molecule has 0 fully saturated rings. The molecular formula is C15H17ClN2. The van der Waals surface area contributed by atoms with Crippen molar-refractivity contribution >= 4 is 17.3 Å². The monoisotopic (exact) mass is 260 g/mol. The number of benzene rings is 1. The lowest BCUT2D eigenvalue weighted by Crippen LogP contribution is -2.17. The van der Waals surface area contributed by atoms with Crippen LogP contribution in [0.15, 0.2) is 42.7 Å². The van der Waals surface area contributed by atoms with Gasteiger partial charge in [-0.1, -0.05) is 29.8 Å². The molecule has 0 radical (unpaired) electrons. The Morgan fingerprint density at radius 3 is 2.56 bits per heavy atom. The van der Waals surface area contributed by atoms with Crippen molar-refractivity contribution < 1.29 is 0 Å². The smallest absolute Gasteiger partial charge is 0.0509 e. The van der Waals surface area contributed by atoms with E-state index in [1.165, 1.54) is 11.1 Å². The number of pyridine rings is 1. The molecule has 0 unspecified atom stereocenters. The maximum absolute atomic E-state index is 5.93. The third-order valence-electron chi connectivity index (χ3n) is 2.97. The van der Waals surface area contributed by atoms with Crippen molar-refractivity contribution in [3.63, 3.8) is 0 Å². The molecule has 18 heavy (non-hydrogen) atoms. The van der Waals surface area contributed by atoms with Crippen molar-refractivity contribution in [3.8, 4) is 0 Å². The first kappa shape index (κ1) is 12.9. The van der Waals surface area contributed by atoms with E-state index in [-0.39, 0.29) is 0 Å². The normalized spacial score (nSPS) is 10.4. The Balaban J connectivity index is 2.16. The number of halogens is 1. The van der Waals surface area contributed by atoms with E-state index in [4.69, 9.17) is 11.6 Å². The van der Waals surface area contributed by atoms with Crippen molar-refractivity contribution in [2.45, 2.75) is 19.3 Å². The molecule has 0 aliphatic heterocycles. The Labute approximate surface area is 113 Å². The van der Waals surface area contributed by atoms with Crippen LogP contribution in [-0.2, 0) is 12.4 Å². The molecular weight excluding hydrogens is 244 g/mol. The van der Waals surface area contributed by atoms with E-state index in [1.54, 1.807) is 6.20 Å². The van der Waals surface area contributed by atoms with Crippen LogP contribution in [0.3, 0.4) is 0 Å². The summed E-state index contributed by atoms with van der Waals surface area (Å²) in [6.07, 6.45) is 3.63. The van der Waals surface area contributed by atoms with Crippen molar-refractivity contribution in [1.29, 1.82) is 0 Å². The van der Waals surface area contributed by atoms with Gasteiger partial charge in [-0.2, -0.15) is 0 Å². The Hall–Kier alpha value is -1.54. The standard InChI is InChI=1S/C15H17ClN2/c1-12-3-5-13(6-4-12)11-18(2)15-7-8-17-10-14(15)9-16/h3-8,10H,9,11H2,1-2H3. The minimum atomic E-state index is 0.488. The van der Waals surface area contributed by atoms with Gasteiger partial charge in [0.1, 0.15) is 0 Å². The molecule has 0 saturated heterocycles. The molecule has 0 amide bonds. The molecule has 0 saturated carbocycles. The highest BCUT2D eigenvalue weighted by atomic mass is 35.5. The van der Waals surface area contributed by atoms with Crippen LogP contribution < -0.4 is 4.90 Å². The van der Waals surface area contributed by atoms with Gasteiger partial charge in [0.25, 0.3) is 0 Å². The number of hydrogen-bond donors (Lipinski definition) is 0. The lowest BCUT2D eigenvalue weighted by molar-refractivity contribution is 0.912. The van der Waals surface area contributed by atoms with Crippen molar-refractivity contribution in [2.24, 2.45) is 0 Å². The molecule has 0 aliphatic rings. The number of aromatic nitrogens is 1. The molecule has 2 aromatic rings. The number of alkyl halides is 1. The molecule has 94 valence electrons. The summed E-state index contributed by atoms with van der Waals surface area (Å²) in [5.41, 5.74) is 4.78. The minimum Gasteiger partial charge on any atom is -0.370 e. The maximum Gasteiger partial charge on any atom is 0.0509 e. The lowest BCUT2D eigenvalue weighted by Gasteiger charge is -2.21. The molecule has 2 rings (SSSR count). The fourth-order valence-corrected chi connectivity index (χ4v) is 2.15. The van der Waals surface area contributed by atoms with Crippen molar-refractivity contribution in [2.75, 3.05) is 11.9 Å². The minimum absolute atomic E-state index is 0.488. The first-order valence-electron chi connectivity index (χ1n) is 5.96. The predicted molar refractivity (Wildman–Crippen MR) is 77.1 cm³/mol. The average molecular weight is 261 g/mol. The zero-order valence-electron chi connectivity index (χ0n) is 10.7. The summed E-state index contributed by atoms with van der Waals surface area (Å²) >= 11 is 5.93. The van der Waals surface area contributed by atoms with Crippen molar-refractivity contribution in [3.05, 3.63) is 59.4 Å². The molecule has 0 bridgehead atoms. The van der Waals surface area contributed by atoms with E-state index in [1.807, 2.05) is 12.3 Å². The predicted octanol–water partition coefficient (Wildman–Crippen LogP) is 3.77. The van der Waals surface area contributed by atoms with Gasteiger partial charge in [-0.3, -0.25) is 4.98 Å². The van der Waals surface area contributed by atoms with Crippen LogP contribution in [0.5, 0.6) is 0 Å². The molecule has 1 aromatic carbocycles. The second kappa shape index (κ2) is 5.87. The number of rotatable bonds is 4. The Bertz CT molecular complexity index is 508. The van der Waals surface area contributed by atoms with Crippen molar-refractivity contribution in [1.82, 2.24) is 4.98 Å². The van der Waals surface area contributed by atoms with Crippen LogP contribution in [0.2, 0.25) is 0 Å². The van der Waals surface area contributed by atoms with Gasteiger partial charge in [-0.15, -0.1) is 11.6 Å². The molecule has 1 heterocycles. The third kappa shape index (κ3) is 3.02. The maximum atomic E-state index is 5.93. The summed E-state index contributed by atoms with van der Waals surface area (Å²) in [5, 5.41) is 0. The number of anilines is 1. The Morgan fingerprint density at radius 2 is 1.89 bits per heavy atom. The molecule has 0 atom stereocenters. The number of hydrogen-bond acceptors (Lipinski definition) is 2. The number of nitrogens with zero attached hydrogens (tertiary/aromatic N) is 2. The van der Waals surface area contributed by atoms with Gasteiger partial charge < -0.3 is 4.90 Å². The molecule has 3 heteroatoms. The zero-order chi connectivity index (χ0) is 13.0. The molecule has 2 nitrogen and oxygen atoms in total. The van der Waals surface area contributed by atoms with Gasteiger partial charge in [0.05, 0.1) is 5.88 Å². The Kier molecular flexibility index (Phi) is 4.21. The number of aryl methyl sites for hydroxylation is 1. The molecule has 1 aromatic heterocycles. The highest BCUT2D eigenvalue weighted by Crippen LogP contribution is 2.21. The SMILES string of the molecule is Cc1ccc(CN(C)c2ccncc2CCl)cc1. The van der Waals surface area contributed by atoms with Gasteiger partial charge in [-0.25, -0.2) is 0 Å². The second-order valence-electron chi connectivity index (χ2n) is 4.48. The highest BCUT2D eigenvalue weighted by Gasteiger charge is 2.07. The first-order chi connectivity index (χ1) is 8.70. The highest BCUT2D eigenvalue weighted by molar-refractivity contribution is 6.17. The van der Waals surface area contributed by atoms with Crippen LogP contribution in [0, 0.1) is 6.92 Å². The van der Waals surface area contributed by atoms with Crippen LogP contribution in [0.4, 0.5) is 5.69 Å². The van der Waals surface area contributed by atoms with Gasteiger partial charge >= 0.3 is 0 Å². The summed E-state index contributed by atoms with van der Waals surface area (Å²) in [6, 6.07) is 10.6. The van der Waals surface area contributed by atoms with Crippen LogP contribution in [0.25, 0.3) is 0 Å². The van der Waals surface area contributed by atoms with Gasteiger partial charge in [0.15, 0.2) is 0 Å². The van der Waals surface area contributed by atoms with E-state index < -0.39 is 0 Å². The first-order valence-corrected chi connectivity index (χ1v) is 6.49. The fraction of sp³-hybridized carbons (Fsp3) is 0.267. The van der Waals surface area contributed by atoms with Crippen LogP contribution in [-0.4, -0.2) is 12.0 Å². The van der Waals surface area contributed by atoms with E-state index in [2.05, 4.69) is 48.1 Å². The van der Waals surface area contributed by atoms with Gasteiger partial charge in [0.2, 0.25) is 0 Å². The molecule has 0 spiro atoms. The second-order valence-corrected chi connectivity index (χ2v) is 4.75. The van der Waals surface area contributed by atoms with Gasteiger partial charge in [-0.05, 0) is 18.6 Å². The summed E-state index contributed by atoms with van der Waals surface area (Å²) in [7, 11) is 2.07. The lowest BCUT2D eigenvalue weighted by atomic mass is 10.1. The largest absolute Gasteiger partial charge is 0.370 e. The molecule has 0 N–H and O–H groups in total. The Morgan fingerprint density at radius 1 is 1.17 bits per heavy atom. The van der Waals surface area contributed by atoms with Crippen LogP contribution >= 0.6 is 11.6 Å². The summed E-state index contributed by atoms with van der Waals surface area (Å²) in [6.45, 7) is 2.97. The topological polar surface area (TPSA) is 16.1 Å². The van der Waals surface area contributed by atoms with Gasteiger partial charge in [0, 0.05) is 37.2 Å². The zero-order valence-corrected chi connectivity index (χ0v) is 11.5. The van der Waals surface area contributed by atoms with E-state index >= 15 is 0 Å². The summed E-state index contributed by atoms with van der Waals surface area (Å²) in [4.78, 5) is 6.30. The summed E-state index contributed by atoms with van der Waals surface area (Å²) in [5.74, 6) is 0.488.